The Balaban J connectivity index is 2.03. The minimum atomic E-state index is -3.23. The Labute approximate surface area is 121 Å². The van der Waals surface area contributed by atoms with Gasteiger partial charge in [-0.15, -0.1) is 6.58 Å². The molecule has 0 spiro atoms. The molecule has 2 aliphatic rings. The number of allylic oxidation sites excluding steroid dienone is 1. The molecule has 2 aliphatic carbocycles. The molecule has 2 fully saturated rings. The molecule has 0 amide bonds. The molecule has 0 radical (unpaired) electrons. The van der Waals surface area contributed by atoms with Crippen LogP contribution in [-0.4, -0.2) is 13.2 Å². The van der Waals surface area contributed by atoms with Gasteiger partial charge in [-0.1, -0.05) is 36.6 Å². The van der Waals surface area contributed by atoms with Gasteiger partial charge in [-0.2, -0.15) is 0 Å². The second-order valence-corrected chi connectivity index (χ2v) is 8.73. The van der Waals surface area contributed by atoms with Crippen LogP contribution in [0, 0.1) is 12.3 Å². The van der Waals surface area contributed by atoms with Gasteiger partial charge in [-0.3, -0.25) is 0 Å². The first-order valence-corrected chi connectivity index (χ1v) is 8.88. The van der Waals surface area contributed by atoms with E-state index in [1.165, 1.54) is 0 Å². The second kappa shape index (κ2) is 4.45. The fourth-order valence-electron chi connectivity index (χ4n) is 4.14. The van der Waals surface area contributed by atoms with Gasteiger partial charge in [0.05, 0.1) is 9.64 Å². The summed E-state index contributed by atoms with van der Waals surface area (Å²) in [5.74, 6) is 0. The summed E-state index contributed by atoms with van der Waals surface area (Å²) in [6.07, 6.45) is 7.59. The molecule has 0 heterocycles. The van der Waals surface area contributed by atoms with Crippen LogP contribution >= 0.6 is 0 Å². The minimum Gasteiger partial charge on any atom is -0.223 e. The summed E-state index contributed by atoms with van der Waals surface area (Å²) in [5, 5.41) is 0. The third-order valence-electron chi connectivity index (χ3n) is 5.33. The fraction of sp³-hybridized carbons (Fsp3) is 0.529. The molecule has 1 aromatic carbocycles. The van der Waals surface area contributed by atoms with Gasteiger partial charge in [0.2, 0.25) is 0 Å². The lowest BCUT2D eigenvalue weighted by Crippen LogP contribution is -2.33. The first-order valence-electron chi connectivity index (χ1n) is 7.40. The molecule has 3 rings (SSSR count). The Morgan fingerprint density at radius 2 is 1.85 bits per heavy atom. The molecule has 0 unspecified atom stereocenters. The van der Waals surface area contributed by atoms with E-state index in [1.54, 1.807) is 12.1 Å². The summed E-state index contributed by atoms with van der Waals surface area (Å²) in [7, 11) is -3.23. The van der Waals surface area contributed by atoms with E-state index in [0.29, 0.717) is 4.90 Å². The molecule has 2 atom stereocenters. The van der Waals surface area contributed by atoms with Crippen molar-refractivity contribution in [3.63, 3.8) is 0 Å². The molecule has 0 aromatic heterocycles. The van der Waals surface area contributed by atoms with Gasteiger partial charge < -0.3 is 0 Å². The Morgan fingerprint density at radius 3 is 2.50 bits per heavy atom. The Kier molecular flexibility index (Phi) is 3.09. The third-order valence-corrected chi connectivity index (χ3v) is 8.04. The molecular formula is C17H22O2S. The zero-order chi connectivity index (χ0) is 14.4. The van der Waals surface area contributed by atoms with Crippen molar-refractivity contribution in [2.24, 2.45) is 5.41 Å². The van der Waals surface area contributed by atoms with Gasteiger partial charge in [0.1, 0.15) is 0 Å². The lowest BCUT2D eigenvalue weighted by molar-refractivity contribution is 0.348. The van der Waals surface area contributed by atoms with E-state index >= 15 is 0 Å². The molecule has 108 valence electrons. The maximum atomic E-state index is 13.1. The minimum absolute atomic E-state index is 0.0310. The first kappa shape index (κ1) is 13.9. The smallest absolute Gasteiger partial charge is 0.184 e. The molecular weight excluding hydrogens is 268 g/mol. The number of hydrogen-bond donors (Lipinski definition) is 0. The number of rotatable bonds is 4. The van der Waals surface area contributed by atoms with Crippen molar-refractivity contribution in [1.82, 2.24) is 0 Å². The van der Waals surface area contributed by atoms with Crippen molar-refractivity contribution in [3.05, 3.63) is 42.5 Å². The van der Waals surface area contributed by atoms with Crippen LogP contribution in [0.5, 0.6) is 0 Å². The standard InChI is InChI=1S/C17H22O2S/c1-3-10-16-11-4-5-12-17(16,13-16)20(18,19)15-8-6-14(2)7-9-15/h3,6-9H,1,4-5,10-13H2,2H3/t16-,17-/m1/s1. The Bertz CT molecular complexity index is 629. The zero-order valence-corrected chi connectivity index (χ0v) is 12.9. The number of hydrogen-bond acceptors (Lipinski definition) is 2. The van der Waals surface area contributed by atoms with Crippen molar-refractivity contribution in [1.29, 1.82) is 0 Å². The van der Waals surface area contributed by atoms with E-state index in [2.05, 4.69) is 6.58 Å². The predicted octanol–water partition coefficient (Wildman–Crippen LogP) is 4.05. The monoisotopic (exact) mass is 290 g/mol. The summed E-state index contributed by atoms with van der Waals surface area (Å²) >= 11 is 0. The van der Waals surface area contributed by atoms with E-state index in [9.17, 15) is 8.42 Å². The van der Waals surface area contributed by atoms with Crippen molar-refractivity contribution < 1.29 is 8.42 Å². The fourth-order valence-corrected chi connectivity index (χ4v) is 6.72. The zero-order valence-electron chi connectivity index (χ0n) is 12.1. The lowest BCUT2D eigenvalue weighted by Gasteiger charge is -2.29. The average molecular weight is 290 g/mol. The highest BCUT2D eigenvalue weighted by Crippen LogP contribution is 2.71. The third kappa shape index (κ3) is 1.72. The highest BCUT2D eigenvalue weighted by Gasteiger charge is 2.73. The van der Waals surface area contributed by atoms with E-state index in [4.69, 9.17) is 0 Å². The summed E-state index contributed by atoms with van der Waals surface area (Å²) < 4.78 is 25.7. The molecule has 3 heteroatoms. The summed E-state index contributed by atoms with van der Waals surface area (Å²) in [4.78, 5) is 0.496. The molecule has 2 saturated carbocycles. The van der Waals surface area contributed by atoms with Crippen molar-refractivity contribution in [2.45, 2.75) is 55.1 Å². The number of aryl methyl sites for hydroxylation is 1. The predicted molar refractivity (Wildman–Crippen MR) is 81.4 cm³/mol. The van der Waals surface area contributed by atoms with Crippen LogP contribution in [0.1, 0.15) is 44.1 Å². The van der Waals surface area contributed by atoms with Crippen LogP contribution in [0.15, 0.2) is 41.8 Å². The van der Waals surface area contributed by atoms with Crippen LogP contribution in [-0.2, 0) is 9.84 Å². The Morgan fingerprint density at radius 1 is 1.20 bits per heavy atom. The number of benzene rings is 1. The number of fused-ring (bicyclic) bond motifs is 1. The second-order valence-electron chi connectivity index (χ2n) is 6.47. The van der Waals surface area contributed by atoms with E-state index in [-0.39, 0.29) is 5.41 Å². The average Bonchev–Trinajstić information content (AvgIpc) is 3.10. The lowest BCUT2D eigenvalue weighted by atomic mass is 9.85. The summed E-state index contributed by atoms with van der Waals surface area (Å²) in [6.45, 7) is 5.81. The van der Waals surface area contributed by atoms with Gasteiger partial charge in [0.15, 0.2) is 9.84 Å². The van der Waals surface area contributed by atoms with E-state index in [0.717, 1.165) is 44.1 Å². The molecule has 20 heavy (non-hydrogen) atoms. The van der Waals surface area contributed by atoms with Crippen molar-refractivity contribution in [2.75, 3.05) is 0 Å². The first-order chi connectivity index (χ1) is 9.47. The van der Waals surface area contributed by atoms with Crippen LogP contribution in [0.3, 0.4) is 0 Å². The van der Waals surface area contributed by atoms with Crippen LogP contribution < -0.4 is 0 Å². The largest absolute Gasteiger partial charge is 0.223 e. The van der Waals surface area contributed by atoms with E-state index in [1.807, 2.05) is 25.1 Å². The van der Waals surface area contributed by atoms with Crippen molar-refractivity contribution >= 4 is 9.84 Å². The summed E-state index contributed by atoms with van der Waals surface area (Å²) in [5.41, 5.74) is 1.06. The van der Waals surface area contributed by atoms with Gasteiger partial charge >= 0.3 is 0 Å². The highest BCUT2D eigenvalue weighted by atomic mass is 32.2. The van der Waals surface area contributed by atoms with Gasteiger partial charge in [0.25, 0.3) is 0 Å². The molecule has 2 nitrogen and oxygen atoms in total. The summed E-state index contributed by atoms with van der Waals surface area (Å²) in [6, 6.07) is 7.32. The maximum Gasteiger partial charge on any atom is 0.184 e. The van der Waals surface area contributed by atoms with Crippen LogP contribution in [0.4, 0.5) is 0 Å². The maximum absolute atomic E-state index is 13.1. The van der Waals surface area contributed by atoms with Crippen LogP contribution in [0.2, 0.25) is 0 Å². The molecule has 0 N–H and O–H groups in total. The van der Waals surface area contributed by atoms with Gasteiger partial charge in [-0.25, -0.2) is 8.42 Å². The van der Waals surface area contributed by atoms with E-state index < -0.39 is 14.6 Å². The topological polar surface area (TPSA) is 34.1 Å². The normalized spacial score (nSPS) is 32.5. The van der Waals surface area contributed by atoms with Gasteiger partial charge in [-0.05, 0) is 50.2 Å². The Hall–Kier alpha value is -1.09. The molecule has 0 bridgehead atoms. The molecule has 0 aliphatic heterocycles. The number of sulfone groups is 1. The van der Waals surface area contributed by atoms with Crippen molar-refractivity contribution in [3.8, 4) is 0 Å². The van der Waals surface area contributed by atoms with Crippen LogP contribution in [0.25, 0.3) is 0 Å². The quantitative estimate of drug-likeness (QED) is 0.784. The SMILES string of the molecule is C=CC[C@]12CCCC[C@@]1(S(=O)(=O)c1ccc(C)cc1)C2. The van der Waals surface area contributed by atoms with Gasteiger partial charge in [0, 0.05) is 0 Å². The molecule has 1 aromatic rings. The highest BCUT2D eigenvalue weighted by molar-refractivity contribution is 7.93. The molecule has 0 saturated heterocycles.